The van der Waals surface area contributed by atoms with E-state index in [1.165, 1.54) is 19.2 Å². The van der Waals surface area contributed by atoms with Crippen LogP contribution < -0.4 is 14.4 Å². The number of sulfonamides is 1. The van der Waals surface area contributed by atoms with Crippen LogP contribution in [-0.2, 0) is 14.8 Å². The minimum atomic E-state index is -3.84. The maximum absolute atomic E-state index is 13.0. The number of ether oxygens (including phenoxy) is 1. The maximum atomic E-state index is 13.0. The van der Waals surface area contributed by atoms with Crippen LogP contribution in [0.1, 0.15) is 29.6 Å². The maximum Gasteiger partial charge on any atom is 0.255 e. The average Bonchev–Trinajstić information content (AvgIpc) is 2.77. The smallest absolute Gasteiger partial charge is 0.255 e. The molecule has 0 aromatic heterocycles. The molecule has 0 spiro atoms. The number of piperidine rings is 1. The highest BCUT2D eigenvalue weighted by Crippen LogP contribution is 2.32. The van der Waals surface area contributed by atoms with Crippen molar-refractivity contribution in [1.29, 1.82) is 0 Å². The van der Waals surface area contributed by atoms with E-state index < -0.39 is 22.5 Å². The molecule has 10 heteroatoms. The van der Waals surface area contributed by atoms with Crippen molar-refractivity contribution in [3.8, 4) is 5.75 Å². The van der Waals surface area contributed by atoms with Crippen LogP contribution in [0, 0.1) is 0 Å². The fraction of sp³-hybridized carbons (Fsp3) is 0.364. The fourth-order valence-electron chi connectivity index (χ4n) is 3.61. The molecule has 1 aliphatic rings. The van der Waals surface area contributed by atoms with Gasteiger partial charge in [0.15, 0.2) is 0 Å². The van der Waals surface area contributed by atoms with Crippen LogP contribution in [0.4, 0.5) is 11.4 Å². The molecule has 2 aromatic carbocycles. The number of nitrogens with one attached hydrogen (secondary N) is 1. The molecule has 0 bridgehead atoms. The van der Waals surface area contributed by atoms with Gasteiger partial charge >= 0.3 is 0 Å². The average molecular weight is 480 g/mol. The van der Waals surface area contributed by atoms with Gasteiger partial charge in [0.25, 0.3) is 5.91 Å². The minimum Gasteiger partial charge on any atom is -0.495 e. The van der Waals surface area contributed by atoms with Crippen LogP contribution in [0.25, 0.3) is 0 Å². The molecule has 1 fully saturated rings. The Kier molecular flexibility index (Phi) is 7.63. The Hall–Kier alpha value is -2.78. The molecule has 2 amide bonds. The third-order valence-corrected chi connectivity index (χ3v) is 6.53. The molecule has 1 heterocycles. The van der Waals surface area contributed by atoms with Crippen molar-refractivity contribution in [2.24, 2.45) is 0 Å². The third-order valence-electron chi connectivity index (χ3n) is 5.17. The van der Waals surface area contributed by atoms with E-state index in [0.29, 0.717) is 29.4 Å². The Morgan fingerprint density at radius 1 is 1.12 bits per heavy atom. The van der Waals surface area contributed by atoms with Crippen molar-refractivity contribution < 1.29 is 22.7 Å². The summed E-state index contributed by atoms with van der Waals surface area (Å²) in [6.07, 6.45) is 3.99. The molecule has 2 aromatic rings. The van der Waals surface area contributed by atoms with Gasteiger partial charge in [0.2, 0.25) is 15.9 Å². The highest BCUT2D eigenvalue weighted by molar-refractivity contribution is 7.92. The van der Waals surface area contributed by atoms with Crippen molar-refractivity contribution in [3.05, 3.63) is 53.1 Å². The molecule has 1 saturated heterocycles. The summed E-state index contributed by atoms with van der Waals surface area (Å²) >= 11 is 6.04. The zero-order valence-electron chi connectivity index (χ0n) is 18.0. The van der Waals surface area contributed by atoms with Gasteiger partial charge in [-0.3, -0.25) is 13.9 Å². The number of halogens is 1. The van der Waals surface area contributed by atoms with Gasteiger partial charge in [0, 0.05) is 18.1 Å². The van der Waals surface area contributed by atoms with E-state index in [4.69, 9.17) is 16.3 Å². The molecule has 1 aliphatic heterocycles. The summed E-state index contributed by atoms with van der Waals surface area (Å²) < 4.78 is 31.1. The Balaban J connectivity index is 1.84. The number of carbonyl (C=O) groups excluding carboxylic acids is 2. The largest absolute Gasteiger partial charge is 0.495 e. The zero-order valence-corrected chi connectivity index (χ0v) is 19.6. The summed E-state index contributed by atoms with van der Waals surface area (Å²) in [7, 11) is -2.44. The lowest BCUT2D eigenvalue weighted by Crippen LogP contribution is -2.38. The normalized spacial score (nSPS) is 14.0. The molecule has 1 N–H and O–H groups in total. The number of hydrogen-bond donors (Lipinski definition) is 1. The van der Waals surface area contributed by atoms with Crippen molar-refractivity contribution in [2.45, 2.75) is 19.3 Å². The van der Waals surface area contributed by atoms with Gasteiger partial charge < -0.3 is 15.0 Å². The Morgan fingerprint density at radius 2 is 1.81 bits per heavy atom. The number of amides is 2. The summed E-state index contributed by atoms with van der Waals surface area (Å²) in [5, 5.41) is 2.99. The molecular formula is C22H26ClN3O5S. The van der Waals surface area contributed by atoms with Crippen molar-refractivity contribution in [3.63, 3.8) is 0 Å². The monoisotopic (exact) mass is 479 g/mol. The number of carbonyl (C=O) groups is 2. The van der Waals surface area contributed by atoms with Crippen molar-refractivity contribution in [2.75, 3.05) is 42.6 Å². The van der Waals surface area contributed by atoms with Gasteiger partial charge in [-0.15, -0.1) is 0 Å². The second kappa shape index (κ2) is 10.2. The molecule has 0 unspecified atom stereocenters. The van der Waals surface area contributed by atoms with E-state index in [-0.39, 0.29) is 17.3 Å². The van der Waals surface area contributed by atoms with E-state index in [2.05, 4.69) is 5.32 Å². The molecule has 0 aliphatic carbocycles. The van der Waals surface area contributed by atoms with Gasteiger partial charge in [-0.25, -0.2) is 8.42 Å². The van der Waals surface area contributed by atoms with E-state index in [1.54, 1.807) is 35.2 Å². The molecule has 172 valence electrons. The Labute approximate surface area is 193 Å². The Bertz CT molecular complexity index is 1100. The van der Waals surface area contributed by atoms with Gasteiger partial charge in [-0.05, 0) is 49.6 Å². The predicted octanol–water partition coefficient (Wildman–Crippen LogP) is 3.38. The number of para-hydroxylation sites is 1. The zero-order chi connectivity index (χ0) is 23.3. The van der Waals surface area contributed by atoms with Crippen LogP contribution in [0.5, 0.6) is 5.75 Å². The van der Waals surface area contributed by atoms with Crippen LogP contribution in [-0.4, -0.2) is 58.1 Å². The number of methoxy groups -OCH3 is 1. The number of rotatable bonds is 7. The van der Waals surface area contributed by atoms with Crippen LogP contribution in [0.3, 0.4) is 0 Å². The molecule has 0 saturated carbocycles. The van der Waals surface area contributed by atoms with Gasteiger partial charge in [0.05, 0.1) is 30.3 Å². The topological polar surface area (TPSA) is 96.0 Å². The molecule has 32 heavy (non-hydrogen) atoms. The van der Waals surface area contributed by atoms with Crippen molar-refractivity contribution in [1.82, 2.24) is 4.90 Å². The van der Waals surface area contributed by atoms with Gasteiger partial charge in [-0.1, -0.05) is 23.7 Å². The van der Waals surface area contributed by atoms with Crippen LogP contribution in [0.2, 0.25) is 5.02 Å². The second-order valence-corrected chi connectivity index (χ2v) is 9.88. The lowest BCUT2D eigenvalue weighted by molar-refractivity contribution is -0.114. The molecular weight excluding hydrogens is 454 g/mol. The third kappa shape index (κ3) is 5.72. The van der Waals surface area contributed by atoms with E-state index in [0.717, 1.165) is 29.8 Å². The van der Waals surface area contributed by atoms with E-state index >= 15 is 0 Å². The highest BCUT2D eigenvalue weighted by atomic mass is 35.5. The number of anilines is 2. The standard InChI is InChI=1S/C22H26ClN3O5S/c1-31-20-11-10-16(23)14-19(20)26(32(2,29)30)15-21(27)24-18-9-5-4-8-17(18)22(28)25-12-6-3-7-13-25/h4-5,8-11,14H,3,6-7,12-13,15H2,1-2H3,(H,24,27). The SMILES string of the molecule is COc1ccc(Cl)cc1N(CC(=O)Nc1ccccc1C(=O)N1CCCCC1)S(C)(=O)=O. The number of hydrogen-bond acceptors (Lipinski definition) is 5. The number of benzene rings is 2. The van der Waals surface area contributed by atoms with Gasteiger partial charge in [-0.2, -0.15) is 0 Å². The molecule has 0 atom stereocenters. The predicted molar refractivity (Wildman–Crippen MR) is 125 cm³/mol. The lowest BCUT2D eigenvalue weighted by Gasteiger charge is -2.28. The summed E-state index contributed by atoms with van der Waals surface area (Å²) in [5.74, 6) is -0.498. The lowest BCUT2D eigenvalue weighted by atomic mass is 10.1. The van der Waals surface area contributed by atoms with Crippen LogP contribution in [0.15, 0.2) is 42.5 Å². The summed E-state index contributed by atoms with van der Waals surface area (Å²) in [6, 6.07) is 11.2. The first kappa shape index (κ1) is 23.9. The quantitative estimate of drug-likeness (QED) is 0.656. The number of nitrogens with zero attached hydrogens (tertiary/aromatic N) is 2. The number of likely N-dealkylation sites (tertiary alicyclic amines) is 1. The first-order valence-electron chi connectivity index (χ1n) is 10.2. The van der Waals surface area contributed by atoms with Crippen molar-refractivity contribution >= 4 is 44.8 Å². The summed E-state index contributed by atoms with van der Waals surface area (Å²) in [5.41, 5.74) is 0.851. The second-order valence-electron chi connectivity index (χ2n) is 7.53. The fourth-order valence-corrected chi connectivity index (χ4v) is 4.62. The van der Waals surface area contributed by atoms with Gasteiger partial charge in [0.1, 0.15) is 12.3 Å². The van der Waals surface area contributed by atoms with E-state index in [9.17, 15) is 18.0 Å². The van der Waals surface area contributed by atoms with E-state index in [1.807, 2.05) is 0 Å². The Morgan fingerprint density at radius 3 is 2.47 bits per heavy atom. The summed E-state index contributed by atoms with van der Waals surface area (Å²) in [6.45, 7) is 0.844. The summed E-state index contributed by atoms with van der Waals surface area (Å²) in [4.78, 5) is 27.6. The van der Waals surface area contributed by atoms with Crippen LogP contribution >= 0.6 is 11.6 Å². The minimum absolute atomic E-state index is 0.148. The molecule has 0 radical (unpaired) electrons. The molecule has 8 nitrogen and oxygen atoms in total. The molecule has 3 rings (SSSR count). The highest BCUT2D eigenvalue weighted by Gasteiger charge is 2.26. The first-order chi connectivity index (χ1) is 15.2. The first-order valence-corrected chi connectivity index (χ1v) is 12.4.